The Bertz CT molecular complexity index is 158. The van der Waals surface area contributed by atoms with Crippen molar-refractivity contribution in [1.82, 2.24) is 5.32 Å². The highest BCUT2D eigenvalue weighted by molar-refractivity contribution is 4.76. The molecule has 0 aliphatic carbocycles. The van der Waals surface area contributed by atoms with Crippen LogP contribution in [-0.2, 0) is 4.74 Å². The maximum absolute atomic E-state index is 9.63. The SMILES string of the molecule is CCC(C)(C)NCC(O)COCC(C)C. The molecule has 0 radical (unpaired) electrons. The van der Waals surface area contributed by atoms with Crippen molar-refractivity contribution in [3.8, 4) is 0 Å². The highest BCUT2D eigenvalue weighted by Gasteiger charge is 2.15. The van der Waals surface area contributed by atoms with E-state index in [1.54, 1.807) is 0 Å². The van der Waals surface area contributed by atoms with Gasteiger partial charge in [0.25, 0.3) is 0 Å². The third-order valence-electron chi connectivity index (χ3n) is 2.46. The Labute approximate surface area is 94.2 Å². The van der Waals surface area contributed by atoms with Gasteiger partial charge in [-0.15, -0.1) is 0 Å². The van der Waals surface area contributed by atoms with Crippen LogP contribution in [0, 0.1) is 5.92 Å². The molecule has 0 heterocycles. The number of rotatable bonds is 8. The minimum atomic E-state index is -0.408. The molecule has 0 fully saturated rings. The molecule has 92 valence electrons. The average Bonchev–Trinajstić information content (AvgIpc) is 2.14. The predicted molar refractivity (Wildman–Crippen MR) is 64.0 cm³/mol. The van der Waals surface area contributed by atoms with E-state index in [4.69, 9.17) is 4.74 Å². The Hall–Kier alpha value is -0.120. The lowest BCUT2D eigenvalue weighted by atomic mass is 10.0. The Morgan fingerprint density at radius 3 is 2.33 bits per heavy atom. The first-order chi connectivity index (χ1) is 6.87. The Balaban J connectivity index is 3.53. The van der Waals surface area contributed by atoms with Crippen molar-refractivity contribution in [2.24, 2.45) is 5.92 Å². The van der Waals surface area contributed by atoms with Gasteiger partial charge in [0, 0.05) is 18.7 Å². The topological polar surface area (TPSA) is 41.5 Å². The molecule has 0 aliphatic rings. The first kappa shape index (κ1) is 14.9. The Morgan fingerprint density at radius 1 is 1.27 bits per heavy atom. The number of aliphatic hydroxyl groups excluding tert-OH is 1. The molecule has 0 rings (SSSR count). The smallest absolute Gasteiger partial charge is 0.0897 e. The monoisotopic (exact) mass is 217 g/mol. The lowest BCUT2D eigenvalue weighted by molar-refractivity contribution is 0.0231. The molecule has 15 heavy (non-hydrogen) atoms. The van der Waals surface area contributed by atoms with Crippen LogP contribution in [-0.4, -0.2) is 36.5 Å². The van der Waals surface area contributed by atoms with Crippen molar-refractivity contribution in [1.29, 1.82) is 0 Å². The highest BCUT2D eigenvalue weighted by Crippen LogP contribution is 2.06. The van der Waals surface area contributed by atoms with E-state index in [9.17, 15) is 5.11 Å². The zero-order valence-corrected chi connectivity index (χ0v) is 10.8. The van der Waals surface area contributed by atoms with Crippen molar-refractivity contribution in [2.45, 2.75) is 52.7 Å². The van der Waals surface area contributed by atoms with Gasteiger partial charge in [0.05, 0.1) is 12.7 Å². The van der Waals surface area contributed by atoms with E-state index in [-0.39, 0.29) is 5.54 Å². The van der Waals surface area contributed by atoms with Gasteiger partial charge in [-0.3, -0.25) is 0 Å². The van der Waals surface area contributed by atoms with E-state index in [1.165, 1.54) is 0 Å². The van der Waals surface area contributed by atoms with E-state index in [0.717, 1.165) is 6.42 Å². The quantitative estimate of drug-likeness (QED) is 0.651. The number of β-amino-alcohol motifs (C(OH)–C–C–N with tert-alkyl or cyclic N) is 1. The van der Waals surface area contributed by atoms with Crippen LogP contribution in [0.2, 0.25) is 0 Å². The Morgan fingerprint density at radius 2 is 1.87 bits per heavy atom. The summed E-state index contributed by atoms with van der Waals surface area (Å²) in [5, 5.41) is 12.9. The van der Waals surface area contributed by atoms with Crippen molar-refractivity contribution in [3.05, 3.63) is 0 Å². The summed E-state index contributed by atoms with van der Waals surface area (Å²) in [7, 11) is 0. The molecule has 0 saturated carbocycles. The van der Waals surface area contributed by atoms with E-state index in [0.29, 0.717) is 25.7 Å². The molecule has 3 nitrogen and oxygen atoms in total. The van der Waals surface area contributed by atoms with Crippen LogP contribution in [0.25, 0.3) is 0 Å². The number of hydrogen-bond donors (Lipinski definition) is 2. The van der Waals surface area contributed by atoms with E-state index < -0.39 is 6.10 Å². The summed E-state index contributed by atoms with van der Waals surface area (Å²) in [6.07, 6.45) is 0.640. The van der Waals surface area contributed by atoms with Crippen LogP contribution >= 0.6 is 0 Å². The molecule has 3 heteroatoms. The molecule has 1 unspecified atom stereocenters. The molecule has 0 saturated heterocycles. The van der Waals surface area contributed by atoms with Crippen molar-refractivity contribution >= 4 is 0 Å². The zero-order chi connectivity index (χ0) is 11.9. The fraction of sp³-hybridized carbons (Fsp3) is 1.00. The van der Waals surface area contributed by atoms with Gasteiger partial charge < -0.3 is 15.2 Å². The third kappa shape index (κ3) is 8.85. The molecule has 0 bridgehead atoms. The van der Waals surface area contributed by atoms with Gasteiger partial charge in [0.15, 0.2) is 0 Å². The number of nitrogens with one attached hydrogen (secondary N) is 1. The molecular formula is C12H27NO2. The summed E-state index contributed by atoms with van der Waals surface area (Å²) in [6, 6.07) is 0. The van der Waals surface area contributed by atoms with E-state index in [1.807, 2.05) is 0 Å². The molecular weight excluding hydrogens is 190 g/mol. The van der Waals surface area contributed by atoms with Crippen LogP contribution in [0.5, 0.6) is 0 Å². The Kier molecular flexibility index (Phi) is 7.14. The summed E-state index contributed by atoms with van der Waals surface area (Å²) >= 11 is 0. The van der Waals surface area contributed by atoms with Gasteiger partial charge in [-0.25, -0.2) is 0 Å². The van der Waals surface area contributed by atoms with Gasteiger partial charge in [-0.05, 0) is 26.2 Å². The summed E-state index contributed by atoms with van der Waals surface area (Å²) in [5.74, 6) is 0.525. The molecule has 0 aromatic heterocycles. The molecule has 0 spiro atoms. The first-order valence-electron chi connectivity index (χ1n) is 5.88. The second-order valence-corrected chi connectivity index (χ2v) is 5.20. The zero-order valence-electron chi connectivity index (χ0n) is 10.8. The fourth-order valence-electron chi connectivity index (χ4n) is 1.02. The number of hydrogen-bond acceptors (Lipinski definition) is 3. The highest BCUT2D eigenvalue weighted by atomic mass is 16.5. The minimum Gasteiger partial charge on any atom is -0.389 e. The maximum atomic E-state index is 9.63. The predicted octanol–water partition coefficient (Wildman–Crippen LogP) is 1.80. The summed E-state index contributed by atoms with van der Waals surface area (Å²) in [6.45, 7) is 12.3. The van der Waals surface area contributed by atoms with Gasteiger partial charge in [0.1, 0.15) is 0 Å². The molecule has 0 aliphatic heterocycles. The normalized spacial score (nSPS) is 14.6. The van der Waals surface area contributed by atoms with Crippen LogP contribution < -0.4 is 5.32 Å². The van der Waals surface area contributed by atoms with Gasteiger partial charge in [-0.1, -0.05) is 20.8 Å². The summed E-state index contributed by atoms with van der Waals surface area (Å²) in [5.41, 5.74) is 0.0963. The van der Waals surface area contributed by atoms with Crippen molar-refractivity contribution in [3.63, 3.8) is 0 Å². The van der Waals surface area contributed by atoms with Crippen LogP contribution in [0.4, 0.5) is 0 Å². The lowest BCUT2D eigenvalue weighted by Gasteiger charge is -2.26. The minimum absolute atomic E-state index is 0.0963. The molecule has 0 aromatic rings. The van der Waals surface area contributed by atoms with Gasteiger partial charge in [0.2, 0.25) is 0 Å². The van der Waals surface area contributed by atoms with Crippen molar-refractivity contribution < 1.29 is 9.84 Å². The molecule has 2 N–H and O–H groups in total. The van der Waals surface area contributed by atoms with E-state index >= 15 is 0 Å². The largest absolute Gasteiger partial charge is 0.389 e. The standard InChI is InChI=1S/C12H27NO2/c1-6-12(4,5)13-7-11(14)9-15-8-10(2)3/h10-11,13-14H,6-9H2,1-5H3. The molecule has 1 atom stereocenters. The third-order valence-corrected chi connectivity index (χ3v) is 2.46. The first-order valence-corrected chi connectivity index (χ1v) is 5.88. The second kappa shape index (κ2) is 7.20. The fourth-order valence-corrected chi connectivity index (χ4v) is 1.02. The summed E-state index contributed by atoms with van der Waals surface area (Å²) in [4.78, 5) is 0. The van der Waals surface area contributed by atoms with Crippen LogP contribution in [0.15, 0.2) is 0 Å². The molecule has 0 amide bonds. The average molecular weight is 217 g/mol. The summed E-state index contributed by atoms with van der Waals surface area (Å²) < 4.78 is 5.37. The van der Waals surface area contributed by atoms with Crippen LogP contribution in [0.3, 0.4) is 0 Å². The second-order valence-electron chi connectivity index (χ2n) is 5.20. The maximum Gasteiger partial charge on any atom is 0.0897 e. The van der Waals surface area contributed by atoms with Gasteiger partial charge >= 0.3 is 0 Å². The molecule has 0 aromatic carbocycles. The lowest BCUT2D eigenvalue weighted by Crippen LogP contribution is -2.44. The number of ether oxygens (including phenoxy) is 1. The van der Waals surface area contributed by atoms with Crippen molar-refractivity contribution in [2.75, 3.05) is 19.8 Å². The van der Waals surface area contributed by atoms with E-state index in [2.05, 4.69) is 39.9 Å². The number of aliphatic hydroxyl groups is 1. The van der Waals surface area contributed by atoms with Crippen LogP contribution in [0.1, 0.15) is 41.0 Å². The van der Waals surface area contributed by atoms with Gasteiger partial charge in [-0.2, -0.15) is 0 Å².